The van der Waals surface area contributed by atoms with E-state index in [0.29, 0.717) is 17.6 Å². The molecule has 132 valence electrons. The number of amides is 1. The summed E-state index contributed by atoms with van der Waals surface area (Å²) in [6.07, 6.45) is 5.73. The van der Waals surface area contributed by atoms with Gasteiger partial charge in [-0.3, -0.25) is 9.69 Å². The molecule has 2 aliphatic heterocycles. The van der Waals surface area contributed by atoms with E-state index in [1.165, 1.54) is 36.3 Å². The third-order valence-corrected chi connectivity index (χ3v) is 6.35. The number of piperidine rings is 2. The van der Waals surface area contributed by atoms with E-state index in [4.69, 9.17) is 0 Å². The minimum atomic E-state index is -0.312. The predicted molar refractivity (Wildman–Crippen MR) is 98.2 cm³/mol. The van der Waals surface area contributed by atoms with Crippen molar-refractivity contribution in [2.45, 2.75) is 56.8 Å². The number of rotatable bonds is 4. The molecule has 0 unspecified atom stereocenters. The van der Waals surface area contributed by atoms with Gasteiger partial charge in [0, 0.05) is 35.1 Å². The Morgan fingerprint density at radius 1 is 1.16 bits per heavy atom. The third kappa shape index (κ3) is 3.77. The summed E-state index contributed by atoms with van der Waals surface area (Å²) in [4.78, 5) is 16.5. The molecule has 0 saturated carbocycles. The molecule has 2 bridgehead atoms. The van der Waals surface area contributed by atoms with Crippen molar-refractivity contribution in [1.29, 1.82) is 0 Å². The second-order valence-corrected chi connectivity index (χ2v) is 8.17. The fourth-order valence-corrected chi connectivity index (χ4v) is 5.02. The van der Waals surface area contributed by atoms with Crippen LogP contribution in [0.5, 0.6) is 0 Å². The Hall–Kier alpha value is -1.72. The molecule has 2 saturated heterocycles. The molecular formula is C20H23FN2OS. The first-order valence-electron chi connectivity index (χ1n) is 9.03. The summed E-state index contributed by atoms with van der Waals surface area (Å²) in [6.45, 7) is 1.03. The van der Waals surface area contributed by atoms with E-state index < -0.39 is 0 Å². The number of hydrogen-bond acceptors (Lipinski definition) is 3. The SMILES string of the molecule is O=C(NC1C[C@@H]2CCC[C@@H](C1)N2Cc1cccs1)c1ccc(F)cc1. The summed E-state index contributed by atoms with van der Waals surface area (Å²) in [7, 11) is 0. The van der Waals surface area contributed by atoms with Gasteiger partial charge in [0.2, 0.25) is 0 Å². The van der Waals surface area contributed by atoms with Crippen LogP contribution < -0.4 is 5.32 Å². The minimum Gasteiger partial charge on any atom is -0.349 e. The highest BCUT2D eigenvalue weighted by Gasteiger charge is 2.38. The Morgan fingerprint density at radius 2 is 1.88 bits per heavy atom. The van der Waals surface area contributed by atoms with Gasteiger partial charge in [-0.2, -0.15) is 0 Å². The maximum absolute atomic E-state index is 13.0. The summed E-state index contributed by atoms with van der Waals surface area (Å²) in [5.74, 6) is -0.400. The topological polar surface area (TPSA) is 32.3 Å². The first-order chi connectivity index (χ1) is 12.2. The van der Waals surface area contributed by atoms with Gasteiger partial charge >= 0.3 is 0 Å². The number of thiophene rings is 1. The standard InChI is InChI=1S/C20H23FN2OS/c21-15-8-6-14(7-9-15)20(24)22-16-11-17-3-1-4-18(12-16)23(17)13-19-5-2-10-25-19/h2,5-10,16-18H,1,3-4,11-13H2,(H,22,24)/t17-,18-/m0/s1. The molecule has 5 heteroatoms. The van der Waals surface area contributed by atoms with Gasteiger partial charge in [0.05, 0.1) is 0 Å². The zero-order chi connectivity index (χ0) is 17.2. The van der Waals surface area contributed by atoms with Crippen molar-refractivity contribution >= 4 is 17.2 Å². The lowest BCUT2D eigenvalue weighted by atomic mass is 9.81. The van der Waals surface area contributed by atoms with E-state index in [-0.39, 0.29) is 17.8 Å². The zero-order valence-corrected chi connectivity index (χ0v) is 15.0. The van der Waals surface area contributed by atoms with Gasteiger partial charge in [0.15, 0.2) is 0 Å². The normalized spacial score (nSPS) is 26.4. The Morgan fingerprint density at radius 3 is 2.52 bits per heavy atom. The van der Waals surface area contributed by atoms with Crippen LogP contribution in [0.25, 0.3) is 0 Å². The maximum atomic E-state index is 13.0. The smallest absolute Gasteiger partial charge is 0.251 e. The van der Waals surface area contributed by atoms with Gasteiger partial charge in [0.1, 0.15) is 5.82 Å². The van der Waals surface area contributed by atoms with Crippen LogP contribution in [0.4, 0.5) is 4.39 Å². The van der Waals surface area contributed by atoms with E-state index >= 15 is 0 Å². The number of halogens is 1. The average molecular weight is 358 g/mol. The van der Waals surface area contributed by atoms with Gasteiger partial charge in [0.25, 0.3) is 5.91 Å². The predicted octanol–water partition coefficient (Wildman–Crippen LogP) is 4.20. The molecule has 1 amide bonds. The highest BCUT2D eigenvalue weighted by Crippen LogP contribution is 2.35. The number of carbonyl (C=O) groups excluding carboxylic acids is 1. The van der Waals surface area contributed by atoms with Crippen LogP contribution in [-0.4, -0.2) is 28.9 Å². The van der Waals surface area contributed by atoms with Crippen molar-refractivity contribution in [3.63, 3.8) is 0 Å². The lowest BCUT2D eigenvalue weighted by Crippen LogP contribution is -2.56. The van der Waals surface area contributed by atoms with E-state index in [9.17, 15) is 9.18 Å². The van der Waals surface area contributed by atoms with Gasteiger partial charge in [-0.05, 0) is 61.4 Å². The summed E-state index contributed by atoms with van der Waals surface area (Å²) in [5, 5.41) is 5.32. The van der Waals surface area contributed by atoms with Crippen molar-refractivity contribution in [2.75, 3.05) is 0 Å². The summed E-state index contributed by atoms with van der Waals surface area (Å²) in [5.41, 5.74) is 0.535. The summed E-state index contributed by atoms with van der Waals surface area (Å²) >= 11 is 1.82. The molecule has 2 atom stereocenters. The van der Waals surface area contributed by atoms with Crippen molar-refractivity contribution in [1.82, 2.24) is 10.2 Å². The van der Waals surface area contributed by atoms with Crippen LogP contribution >= 0.6 is 11.3 Å². The molecule has 2 aliphatic rings. The van der Waals surface area contributed by atoms with Crippen molar-refractivity contribution in [3.8, 4) is 0 Å². The van der Waals surface area contributed by atoms with Crippen LogP contribution in [0.15, 0.2) is 41.8 Å². The number of carbonyl (C=O) groups is 1. The molecular weight excluding hydrogens is 335 g/mol. The molecule has 0 radical (unpaired) electrons. The molecule has 0 aliphatic carbocycles. The molecule has 25 heavy (non-hydrogen) atoms. The second kappa shape index (κ2) is 7.26. The number of fused-ring (bicyclic) bond motifs is 2. The fourth-order valence-electron chi connectivity index (χ4n) is 4.31. The molecule has 1 aromatic carbocycles. The zero-order valence-electron chi connectivity index (χ0n) is 14.2. The molecule has 3 heterocycles. The van der Waals surface area contributed by atoms with Crippen LogP contribution in [0, 0.1) is 5.82 Å². The Labute approximate surface area is 151 Å². The Balaban J connectivity index is 1.40. The first-order valence-corrected chi connectivity index (χ1v) is 9.91. The lowest BCUT2D eigenvalue weighted by Gasteiger charge is -2.49. The van der Waals surface area contributed by atoms with Crippen LogP contribution in [0.3, 0.4) is 0 Å². The number of nitrogens with zero attached hydrogens (tertiary/aromatic N) is 1. The Kier molecular flexibility index (Phi) is 4.86. The van der Waals surface area contributed by atoms with Crippen molar-refractivity contribution in [3.05, 3.63) is 58.0 Å². The minimum absolute atomic E-state index is 0.0882. The van der Waals surface area contributed by atoms with Gasteiger partial charge < -0.3 is 5.32 Å². The largest absolute Gasteiger partial charge is 0.349 e. The molecule has 0 spiro atoms. The number of benzene rings is 1. The highest BCUT2D eigenvalue weighted by molar-refractivity contribution is 7.09. The van der Waals surface area contributed by atoms with Crippen molar-refractivity contribution < 1.29 is 9.18 Å². The van der Waals surface area contributed by atoms with E-state index in [1.54, 1.807) is 12.1 Å². The van der Waals surface area contributed by atoms with Crippen LogP contribution in [-0.2, 0) is 6.54 Å². The number of hydrogen-bond donors (Lipinski definition) is 1. The third-order valence-electron chi connectivity index (χ3n) is 5.49. The maximum Gasteiger partial charge on any atom is 0.251 e. The van der Waals surface area contributed by atoms with Crippen molar-refractivity contribution in [2.24, 2.45) is 0 Å². The van der Waals surface area contributed by atoms with Gasteiger partial charge in [-0.25, -0.2) is 4.39 Å². The molecule has 1 N–H and O–H groups in total. The molecule has 3 nitrogen and oxygen atoms in total. The molecule has 1 aromatic heterocycles. The monoisotopic (exact) mass is 358 g/mol. The molecule has 4 rings (SSSR count). The van der Waals surface area contributed by atoms with E-state index in [1.807, 2.05) is 11.3 Å². The molecule has 2 aromatic rings. The summed E-state index contributed by atoms with van der Waals surface area (Å²) < 4.78 is 13.0. The van der Waals surface area contributed by atoms with Gasteiger partial charge in [-0.15, -0.1) is 11.3 Å². The second-order valence-electron chi connectivity index (χ2n) is 7.14. The first kappa shape index (κ1) is 16.7. The Bertz CT molecular complexity index is 702. The average Bonchev–Trinajstić information content (AvgIpc) is 3.09. The van der Waals surface area contributed by atoms with Crippen LogP contribution in [0.1, 0.15) is 47.3 Å². The molecule has 2 fully saturated rings. The highest BCUT2D eigenvalue weighted by atomic mass is 32.1. The van der Waals surface area contributed by atoms with E-state index in [0.717, 1.165) is 19.4 Å². The number of nitrogens with one attached hydrogen (secondary N) is 1. The summed E-state index contributed by atoms with van der Waals surface area (Å²) in [6, 6.07) is 11.4. The quantitative estimate of drug-likeness (QED) is 0.888. The van der Waals surface area contributed by atoms with E-state index in [2.05, 4.69) is 27.7 Å². The van der Waals surface area contributed by atoms with Crippen LogP contribution in [0.2, 0.25) is 0 Å². The lowest BCUT2D eigenvalue weighted by molar-refractivity contribution is 0.0184. The van der Waals surface area contributed by atoms with Gasteiger partial charge in [-0.1, -0.05) is 12.5 Å². The fraction of sp³-hybridized carbons (Fsp3) is 0.450.